The zero-order chi connectivity index (χ0) is 12.4. The standard InChI is InChI=1S/C12H14ClNO3/c13-9-6-7(11(14)12(15)16)4-5-10(9)17-8-2-1-3-8/h4-6,8,11H,1-3,14H2,(H,15,16). The summed E-state index contributed by atoms with van der Waals surface area (Å²) in [6.07, 6.45) is 3.52. The molecule has 1 aliphatic rings. The van der Waals surface area contributed by atoms with Gasteiger partial charge < -0.3 is 15.6 Å². The van der Waals surface area contributed by atoms with Crippen molar-refractivity contribution in [3.05, 3.63) is 28.8 Å². The van der Waals surface area contributed by atoms with Gasteiger partial charge in [0, 0.05) is 0 Å². The number of hydrogen-bond donors (Lipinski definition) is 2. The van der Waals surface area contributed by atoms with Crippen molar-refractivity contribution in [3.63, 3.8) is 0 Å². The molecule has 0 radical (unpaired) electrons. The minimum Gasteiger partial charge on any atom is -0.489 e. The van der Waals surface area contributed by atoms with Crippen molar-refractivity contribution in [3.8, 4) is 5.75 Å². The van der Waals surface area contributed by atoms with Crippen LogP contribution in [0.2, 0.25) is 5.02 Å². The number of ether oxygens (including phenoxy) is 1. The van der Waals surface area contributed by atoms with Crippen LogP contribution in [0.3, 0.4) is 0 Å². The SMILES string of the molecule is NC(C(=O)O)c1ccc(OC2CCC2)c(Cl)c1. The molecule has 0 aromatic heterocycles. The second kappa shape index (κ2) is 4.94. The van der Waals surface area contributed by atoms with Crippen LogP contribution in [-0.4, -0.2) is 17.2 Å². The highest BCUT2D eigenvalue weighted by atomic mass is 35.5. The fraction of sp³-hybridized carbons (Fsp3) is 0.417. The lowest BCUT2D eigenvalue weighted by atomic mass is 9.96. The van der Waals surface area contributed by atoms with Gasteiger partial charge in [0.1, 0.15) is 11.8 Å². The predicted octanol–water partition coefficient (Wildman–Crippen LogP) is 2.36. The van der Waals surface area contributed by atoms with Crippen LogP contribution >= 0.6 is 11.6 Å². The Labute approximate surface area is 104 Å². The van der Waals surface area contributed by atoms with Crippen molar-refractivity contribution in [1.29, 1.82) is 0 Å². The van der Waals surface area contributed by atoms with E-state index in [1.54, 1.807) is 18.2 Å². The Hall–Kier alpha value is -1.26. The number of carbonyl (C=O) groups is 1. The molecule has 1 fully saturated rings. The van der Waals surface area contributed by atoms with Gasteiger partial charge in [0.2, 0.25) is 0 Å². The summed E-state index contributed by atoms with van der Waals surface area (Å²) in [5.74, 6) is -0.480. The van der Waals surface area contributed by atoms with Crippen molar-refractivity contribution in [2.75, 3.05) is 0 Å². The summed E-state index contributed by atoms with van der Waals surface area (Å²) in [7, 11) is 0. The monoisotopic (exact) mass is 255 g/mol. The van der Waals surface area contributed by atoms with Gasteiger partial charge in [-0.15, -0.1) is 0 Å². The van der Waals surface area contributed by atoms with Crippen molar-refractivity contribution >= 4 is 17.6 Å². The Morgan fingerprint density at radius 2 is 2.24 bits per heavy atom. The molecule has 1 aromatic rings. The highest BCUT2D eigenvalue weighted by Crippen LogP contribution is 2.32. The number of nitrogens with two attached hydrogens (primary N) is 1. The summed E-state index contributed by atoms with van der Waals surface area (Å²) in [5, 5.41) is 9.20. The minimum atomic E-state index is -1.08. The maximum Gasteiger partial charge on any atom is 0.325 e. The zero-order valence-electron chi connectivity index (χ0n) is 9.23. The number of carboxylic acids is 1. The molecule has 0 amide bonds. The first-order valence-corrected chi connectivity index (χ1v) is 5.90. The molecule has 1 atom stereocenters. The Morgan fingerprint density at radius 3 is 2.71 bits per heavy atom. The maximum atomic E-state index is 10.7. The van der Waals surface area contributed by atoms with E-state index >= 15 is 0 Å². The van der Waals surface area contributed by atoms with Gasteiger partial charge >= 0.3 is 5.97 Å². The second-order valence-electron chi connectivity index (χ2n) is 4.18. The molecule has 0 spiro atoms. The minimum absolute atomic E-state index is 0.242. The fourth-order valence-corrected chi connectivity index (χ4v) is 1.85. The molecule has 1 unspecified atom stereocenters. The van der Waals surface area contributed by atoms with E-state index < -0.39 is 12.0 Å². The summed E-state index contributed by atoms with van der Waals surface area (Å²) in [4.78, 5) is 10.7. The van der Waals surface area contributed by atoms with E-state index in [1.165, 1.54) is 6.42 Å². The Kier molecular flexibility index (Phi) is 3.54. The van der Waals surface area contributed by atoms with Gasteiger partial charge in [-0.2, -0.15) is 0 Å². The third-order valence-corrected chi connectivity index (χ3v) is 3.22. The van der Waals surface area contributed by atoms with Gasteiger partial charge in [-0.1, -0.05) is 17.7 Å². The van der Waals surface area contributed by atoms with Crippen LogP contribution in [0, 0.1) is 0 Å². The van der Waals surface area contributed by atoms with E-state index in [1.807, 2.05) is 0 Å². The third-order valence-electron chi connectivity index (χ3n) is 2.93. The van der Waals surface area contributed by atoms with Crippen molar-refractivity contribution in [2.45, 2.75) is 31.4 Å². The van der Waals surface area contributed by atoms with Gasteiger partial charge in [-0.05, 0) is 37.0 Å². The lowest BCUT2D eigenvalue weighted by Crippen LogP contribution is -2.25. The summed E-state index contributed by atoms with van der Waals surface area (Å²) < 4.78 is 5.66. The summed E-state index contributed by atoms with van der Waals surface area (Å²) in [5.41, 5.74) is 5.97. The van der Waals surface area contributed by atoms with Crippen LogP contribution in [0.25, 0.3) is 0 Å². The molecular weight excluding hydrogens is 242 g/mol. The van der Waals surface area contributed by atoms with Crippen molar-refractivity contribution < 1.29 is 14.6 Å². The quantitative estimate of drug-likeness (QED) is 0.866. The zero-order valence-corrected chi connectivity index (χ0v) is 9.98. The van der Waals surface area contributed by atoms with E-state index in [2.05, 4.69) is 0 Å². The maximum absolute atomic E-state index is 10.7. The largest absolute Gasteiger partial charge is 0.489 e. The van der Waals surface area contributed by atoms with E-state index in [9.17, 15) is 4.79 Å². The Bertz CT molecular complexity index is 432. The molecule has 0 aliphatic heterocycles. The van der Waals surface area contributed by atoms with Gasteiger partial charge in [-0.3, -0.25) is 4.79 Å². The molecule has 5 heteroatoms. The van der Waals surface area contributed by atoms with Crippen LogP contribution in [-0.2, 0) is 4.79 Å². The third kappa shape index (κ3) is 2.70. The molecule has 0 bridgehead atoms. The average Bonchev–Trinajstić information content (AvgIpc) is 2.23. The molecule has 3 N–H and O–H groups in total. The van der Waals surface area contributed by atoms with E-state index in [4.69, 9.17) is 27.2 Å². The van der Waals surface area contributed by atoms with Gasteiger partial charge in [-0.25, -0.2) is 0 Å². The molecule has 2 rings (SSSR count). The summed E-state index contributed by atoms with van der Waals surface area (Å²) in [6.45, 7) is 0. The summed E-state index contributed by atoms with van der Waals surface area (Å²) in [6, 6.07) is 3.82. The van der Waals surface area contributed by atoms with Crippen LogP contribution in [0.4, 0.5) is 0 Å². The average molecular weight is 256 g/mol. The smallest absolute Gasteiger partial charge is 0.325 e. The van der Waals surface area contributed by atoms with Crippen molar-refractivity contribution in [1.82, 2.24) is 0 Å². The first-order chi connectivity index (χ1) is 8.08. The first-order valence-electron chi connectivity index (χ1n) is 5.52. The van der Waals surface area contributed by atoms with Crippen molar-refractivity contribution in [2.24, 2.45) is 5.73 Å². The highest BCUT2D eigenvalue weighted by molar-refractivity contribution is 6.32. The molecule has 17 heavy (non-hydrogen) atoms. The molecule has 0 saturated heterocycles. The number of benzene rings is 1. The normalized spacial score (nSPS) is 17.3. The Balaban J connectivity index is 2.13. The van der Waals surface area contributed by atoms with Gasteiger partial charge in [0.05, 0.1) is 11.1 Å². The molecule has 1 aromatic carbocycles. The molecule has 4 nitrogen and oxygen atoms in total. The van der Waals surface area contributed by atoms with Gasteiger partial charge in [0.25, 0.3) is 0 Å². The predicted molar refractivity (Wildman–Crippen MR) is 64.3 cm³/mol. The van der Waals surface area contributed by atoms with E-state index in [-0.39, 0.29) is 6.10 Å². The number of carboxylic acid groups (broad SMARTS) is 1. The van der Waals surface area contributed by atoms with Crippen LogP contribution < -0.4 is 10.5 Å². The summed E-state index contributed by atoms with van der Waals surface area (Å²) >= 11 is 6.03. The fourth-order valence-electron chi connectivity index (χ4n) is 1.62. The number of hydrogen-bond acceptors (Lipinski definition) is 3. The molecule has 1 aliphatic carbocycles. The molecule has 1 saturated carbocycles. The Morgan fingerprint density at radius 1 is 1.53 bits per heavy atom. The number of rotatable bonds is 4. The van der Waals surface area contributed by atoms with E-state index in [0.29, 0.717) is 16.3 Å². The van der Waals surface area contributed by atoms with Gasteiger partial charge in [0.15, 0.2) is 0 Å². The molecular formula is C12H14ClNO3. The van der Waals surface area contributed by atoms with Crippen LogP contribution in [0.5, 0.6) is 5.75 Å². The first kappa shape index (κ1) is 12.2. The number of aliphatic carboxylic acids is 1. The molecule has 0 heterocycles. The highest BCUT2D eigenvalue weighted by Gasteiger charge is 2.21. The molecule has 92 valence electrons. The number of halogens is 1. The van der Waals surface area contributed by atoms with Crippen LogP contribution in [0.1, 0.15) is 30.9 Å². The van der Waals surface area contributed by atoms with Crippen LogP contribution in [0.15, 0.2) is 18.2 Å². The second-order valence-corrected chi connectivity index (χ2v) is 4.58. The lowest BCUT2D eigenvalue weighted by molar-refractivity contribution is -0.138. The topological polar surface area (TPSA) is 72.6 Å². The van der Waals surface area contributed by atoms with E-state index in [0.717, 1.165) is 12.8 Å². The lowest BCUT2D eigenvalue weighted by Gasteiger charge is -2.27.